The molecule has 0 N–H and O–H groups in total. The van der Waals surface area contributed by atoms with E-state index in [0.29, 0.717) is 0 Å². The molecule has 9 aromatic rings. The SMILES string of the molecule is c1ccc2c(-c3cc4c5ccccc5c(-c5ccc6c(c5)Oc5cccc7cncc-6c57)cc4c4ccccc34)cccc2c1. The number of hydrogen-bond donors (Lipinski definition) is 0. The van der Waals surface area contributed by atoms with Crippen LogP contribution in [0.25, 0.3) is 87.2 Å². The van der Waals surface area contributed by atoms with Crippen molar-refractivity contribution in [3.63, 3.8) is 0 Å². The minimum Gasteiger partial charge on any atom is -0.456 e. The summed E-state index contributed by atoms with van der Waals surface area (Å²) in [5, 5.41) is 12.2. The molecular weight excluding hydrogens is 546 g/mol. The first kappa shape index (κ1) is 24.5. The van der Waals surface area contributed by atoms with E-state index in [9.17, 15) is 0 Å². The van der Waals surface area contributed by atoms with Gasteiger partial charge in [-0.25, -0.2) is 0 Å². The molecule has 1 aromatic heterocycles. The van der Waals surface area contributed by atoms with Gasteiger partial charge in [-0.15, -0.1) is 0 Å². The molecule has 0 spiro atoms. The zero-order valence-corrected chi connectivity index (χ0v) is 24.3. The predicted octanol–water partition coefficient (Wildman–Crippen LogP) is 12.0. The molecule has 10 rings (SSSR count). The average molecular weight is 572 g/mol. The van der Waals surface area contributed by atoms with Crippen LogP contribution < -0.4 is 4.74 Å². The average Bonchev–Trinajstić information content (AvgIpc) is 3.11. The number of fused-ring (bicyclic) bond motifs is 8. The summed E-state index contributed by atoms with van der Waals surface area (Å²) in [7, 11) is 0. The Hall–Kier alpha value is -5.99. The zero-order valence-electron chi connectivity index (χ0n) is 24.3. The van der Waals surface area contributed by atoms with E-state index in [-0.39, 0.29) is 0 Å². The highest BCUT2D eigenvalue weighted by atomic mass is 16.5. The summed E-state index contributed by atoms with van der Waals surface area (Å²) < 4.78 is 6.55. The summed E-state index contributed by atoms with van der Waals surface area (Å²) in [6, 6.07) is 50.5. The van der Waals surface area contributed by atoms with Gasteiger partial charge in [0.2, 0.25) is 0 Å². The Morgan fingerprint density at radius 1 is 0.356 bits per heavy atom. The Kier molecular flexibility index (Phi) is 5.03. The number of rotatable bonds is 2. The van der Waals surface area contributed by atoms with Gasteiger partial charge in [0.15, 0.2) is 0 Å². The van der Waals surface area contributed by atoms with Gasteiger partial charge in [-0.3, -0.25) is 4.98 Å². The van der Waals surface area contributed by atoms with Crippen LogP contribution in [0.2, 0.25) is 0 Å². The number of benzene rings is 8. The van der Waals surface area contributed by atoms with Crippen LogP contribution in [0.4, 0.5) is 0 Å². The maximum Gasteiger partial charge on any atom is 0.136 e. The fraction of sp³-hybridized carbons (Fsp3) is 0. The number of nitrogens with zero attached hydrogens (tertiary/aromatic N) is 1. The van der Waals surface area contributed by atoms with Crippen molar-refractivity contribution in [3.05, 3.63) is 152 Å². The molecule has 0 radical (unpaired) electrons. The molecule has 45 heavy (non-hydrogen) atoms. The lowest BCUT2D eigenvalue weighted by Gasteiger charge is -2.22. The summed E-state index contributed by atoms with van der Waals surface area (Å²) in [5.74, 6) is 1.74. The molecule has 2 nitrogen and oxygen atoms in total. The number of ether oxygens (including phenoxy) is 1. The predicted molar refractivity (Wildman–Crippen MR) is 188 cm³/mol. The lowest BCUT2D eigenvalue weighted by Crippen LogP contribution is -1.98. The lowest BCUT2D eigenvalue weighted by atomic mass is 9.86. The first-order valence-electron chi connectivity index (χ1n) is 15.4. The smallest absolute Gasteiger partial charge is 0.136 e. The summed E-state index contributed by atoms with van der Waals surface area (Å²) >= 11 is 0. The topological polar surface area (TPSA) is 22.1 Å². The van der Waals surface area contributed by atoms with Gasteiger partial charge in [0.25, 0.3) is 0 Å². The van der Waals surface area contributed by atoms with Gasteiger partial charge in [0, 0.05) is 34.3 Å². The molecule has 0 saturated heterocycles. The highest BCUT2D eigenvalue weighted by molar-refractivity contribution is 6.24. The summed E-state index contributed by atoms with van der Waals surface area (Å²) in [6.07, 6.45) is 3.86. The highest BCUT2D eigenvalue weighted by Crippen LogP contribution is 2.48. The quantitative estimate of drug-likeness (QED) is 0.193. The third-order valence-corrected chi connectivity index (χ3v) is 9.51. The number of pyridine rings is 1. The van der Waals surface area contributed by atoms with Gasteiger partial charge < -0.3 is 4.74 Å². The first-order chi connectivity index (χ1) is 22.3. The van der Waals surface area contributed by atoms with Crippen LogP contribution in [-0.4, -0.2) is 4.98 Å². The van der Waals surface area contributed by atoms with E-state index < -0.39 is 0 Å². The molecule has 8 aromatic carbocycles. The van der Waals surface area contributed by atoms with Crippen LogP contribution >= 0.6 is 0 Å². The van der Waals surface area contributed by atoms with E-state index in [1.165, 1.54) is 59.8 Å². The minimum atomic E-state index is 0.862. The lowest BCUT2D eigenvalue weighted by molar-refractivity contribution is 0.487. The van der Waals surface area contributed by atoms with E-state index in [4.69, 9.17) is 4.74 Å². The molecule has 2 heteroatoms. The van der Waals surface area contributed by atoms with E-state index >= 15 is 0 Å². The van der Waals surface area contributed by atoms with Gasteiger partial charge in [-0.05, 0) is 95.7 Å². The van der Waals surface area contributed by atoms with Crippen molar-refractivity contribution >= 4 is 53.9 Å². The molecule has 208 valence electrons. The van der Waals surface area contributed by atoms with Crippen molar-refractivity contribution in [2.75, 3.05) is 0 Å². The zero-order chi connectivity index (χ0) is 29.5. The Labute approximate surface area is 259 Å². The normalized spacial score (nSPS) is 12.2. The van der Waals surface area contributed by atoms with Gasteiger partial charge >= 0.3 is 0 Å². The van der Waals surface area contributed by atoms with Crippen molar-refractivity contribution in [2.24, 2.45) is 0 Å². The summed E-state index contributed by atoms with van der Waals surface area (Å²) in [4.78, 5) is 4.53. The van der Waals surface area contributed by atoms with Crippen molar-refractivity contribution in [1.82, 2.24) is 4.98 Å². The maximum atomic E-state index is 6.55. The molecule has 0 saturated carbocycles. The van der Waals surface area contributed by atoms with E-state index in [0.717, 1.165) is 39.0 Å². The molecule has 1 aliphatic heterocycles. The third kappa shape index (κ3) is 3.54. The van der Waals surface area contributed by atoms with Crippen molar-refractivity contribution < 1.29 is 4.74 Å². The Bertz CT molecular complexity index is 2680. The van der Waals surface area contributed by atoms with E-state index in [2.05, 4.69) is 132 Å². The van der Waals surface area contributed by atoms with Crippen molar-refractivity contribution in [2.45, 2.75) is 0 Å². The van der Waals surface area contributed by atoms with Crippen LogP contribution in [0.15, 0.2) is 152 Å². The second kappa shape index (κ2) is 9.25. The van der Waals surface area contributed by atoms with Crippen molar-refractivity contribution in [3.8, 4) is 44.9 Å². The molecule has 1 aliphatic rings. The number of hydrogen-bond acceptors (Lipinski definition) is 2. The van der Waals surface area contributed by atoms with Crippen LogP contribution in [0.3, 0.4) is 0 Å². The van der Waals surface area contributed by atoms with Crippen LogP contribution in [-0.2, 0) is 0 Å². The van der Waals surface area contributed by atoms with Gasteiger partial charge in [0.1, 0.15) is 11.5 Å². The Balaban J connectivity index is 1.25. The molecule has 0 amide bonds. The van der Waals surface area contributed by atoms with Crippen LogP contribution in [0.5, 0.6) is 11.5 Å². The standard InChI is InChI=1S/C43H25NO/c1-2-12-29-26(9-1)10-7-17-30(29)37-23-39-32-14-4-3-13-31(32)36(22-38(39)34-16-6-5-15-33(34)37)27-19-20-35-40-25-44-24-28-11-8-18-41(43(28)40)45-42(35)21-27/h1-25H. The fourth-order valence-electron chi connectivity index (χ4n) is 7.48. The second-order valence-corrected chi connectivity index (χ2v) is 11.9. The van der Waals surface area contributed by atoms with Crippen LogP contribution in [0.1, 0.15) is 0 Å². The second-order valence-electron chi connectivity index (χ2n) is 11.9. The van der Waals surface area contributed by atoms with Crippen LogP contribution in [0, 0.1) is 0 Å². The monoisotopic (exact) mass is 571 g/mol. The molecule has 0 aliphatic carbocycles. The highest BCUT2D eigenvalue weighted by Gasteiger charge is 2.22. The molecule has 0 bridgehead atoms. The van der Waals surface area contributed by atoms with E-state index in [1.807, 2.05) is 24.5 Å². The van der Waals surface area contributed by atoms with Gasteiger partial charge in [0.05, 0.1) is 0 Å². The van der Waals surface area contributed by atoms with Gasteiger partial charge in [-0.2, -0.15) is 0 Å². The Morgan fingerprint density at radius 3 is 1.82 bits per heavy atom. The largest absolute Gasteiger partial charge is 0.456 e. The van der Waals surface area contributed by atoms with Gasteiger partial charge in [-0.1, -0.05) is 109 Å². The fourth-order valence-corrected chi connectivity index (χ4v) is 7.48. The molecule has 0 unspecified atom stereocenters. The summed E-state index contributed by atoms with van der Waals surface area (Å²) in [5.41, 5.74) is 7.04. The molecule has 0 atom stereocenters. The first-order valence-corrected chi connectivity index (χ1v) is 15.4. The number of aromatic nitrogens is 1. The third-order valence-electron chi connectivity index (χ3n) is 9.51. The van der Waals surface area contributed by atoms with Crippen molar-refractivity contribution in [1.29, 1.82) is 0 Å². The maximum absolute atomic E-state index is 6.55. The molecular formula is C43H25NO. The molecule has 0 fully saturated rings. The summed E-state index contributed by atoms with van der Waals surface area (Å²) in [6.45, 7) is 0. The molecule has 2 heterocycles. The van der Waals surface area contributed by atoms with E-state index in [1.54, 1.807) is 0 Å². The Morgan fingerprint density at radius 2 is 1.00 bits per heavy atom. The minimum absolute atomic E-state index is 0.862.